The molecule has 0 bridgehead atoms. The van der Waals surface area contributed by atoms with Crippen molar-refractivity contribution in [2.75, 3.05) is 0 Å². The average molecular weight is 465 g/mol. The summed E-state index contributed by atoms with van der Waals surface area (Å²) < 4.78 is 0. The van der Waals surface area contributed by atoms with Crippen molar-refractivity contribution in [1.29, 1.82) is 0 Å². The SMILES string of the molecule is CCCC[Si](c1ccccc1)(c1ccccc1)[Si](c1ccccc1)(c1ccccc1)C(C)C. The van der Waals surface area contributed by atoms with Crippen molar-refractivity contribution in [2.24, 2.45) is 0 Å². The largest absolute Gasteiger partial charge is 0.123 e. The summed E-state index contributed by atoms with van der Waals surface area (Å²) in [5.74, 6) is 0. The zero-order valence-electron chi connectivity index (χ0n) is 20.2. The molecule has 0 spiro atoms. The van der Waals surface area contributed by atoms with E-state index in [0.29, 0.717) is 5.54 Å². The molecule has 33 heavy (non-hydrogen) atoms. The lowest BCUT2D eigenvalue weighted by Crippen LogP contribution is -2.86. The summed E-state index contributed by atoms with van der Waals surface area (Å²) in [7, 11) is -4.54. The molecule has 0 N–H and O–H groups in total. The molecule has 4 aromatic rings. The first-order valence-electron chi connectivity index (χ1n) is 12.4. The summed E-state index contributed by atoms with van der Waals surface area (Å²) in [6.07, 6.45) is 2.48. The van der Waals surface area contributed by atoms with Gasteiger partial charge in [0.2, 0.25) is 0 Å². The Hall–Kier alpha value is -2.69. The molecule has 0 aliphatic heterocycles. The molecular weight excluding hydrogens is 429 g/mol. The molecule has 0 aliphatic carbocycles. The molecule has 168 valence electrons. The van der Waals surface area contributed by atoms with Crippen LogP contribution in [0.4, 0.5) is 0 Å². The van der Waals surface area contributed by atoms with Crippen molar-refractivity contribution < 1.29 is 0 Å². The van der Waals surface area contributed by atoms with Crippen molar-refractivity contribution in [3.05, 3.63) is 121 Å². The van der Waals surface area contributed by atoms with Crippen molar-refractivity contribution in [3.63, 3.8) is 0 Å². The van der Waals surface area contributed by atoms with E-state index in [4.69, 9.17) is 0 Å². The lowest BCUT2D eigenvalue weighted by molar-refractivity contribution is 0.874. The van der Waals surface area contributed by atoms with E-state index in [2.05, 4.69) is 142 Å². The van der Waals surface area contributed by atoms with Gasteiger partial charge in [-0.05, 0) is 5.54 Å². The van der Waals surface area contributed by atoms with Crippen LogP contribution in [-0.2, 0) is 0 Å². The van der Waals surface area contributed by atoms with Gasteiger partial charge in [-0.25, -0.2) is 0 Å². The van der Waals surface area contributed by atoms with Gasteiger partial charge in [0.15, 0.2) is 0 Å². The van der Waals surface area contributed by atoms with E-state index < -0.39 is 15.2 Å². The fraction of sp³-hybridized carbons (Fsp3) is 0.226. The van der Waals surface area contributed by atoms with Gasteiger partial charge in [-0.3, -0.25) is 0 Å². The second-order valence-corrected chi connectivity index (χ2v) is 21.8. The molecular formula is C31H36Si2. The third-order valence-corrected chi connectivity index (χ3v) is 26.7. The van der Waals surface area contributed by atoms with Crippen LogP contribution in [-0.4, -0.2) is 15.2 Å². The van der Waals surface area contributed by atoms with E-state index in [0.717, 1.165) is 0 Å². The van der Waals surface area contributed by atoms with Crippen molar-refractivity contribution in [3.8, 4) is 0 Å². The highest BCUT2D eigenvalue weighted by Gasteiger charge is 2.60. The smallest absolute Gasteiger partial charge is 0.0654 e. The Morgan fingerprint density at radius 3 is 1.15 bits per heavy atom. The maximum absolute atomic E-state index is 2.51. The standard InChI is InChI=1S/C31H36Si2/c1-4-5-26-32(28-18-10-6-11-19-28,29-20-12-7-13-21-29)33(27(2)3,30-22-14-8-15-23-30)31-24-16-9-17-25-31/h6-25,27H,4-5,26H2,1-3H3. The zero-order valence-corrected chi connectivity index (χ0v) is 22.2. The van der Waals surface area contributed by atoms with E-state index in [-0.39, 0.29) is 0 Å². The number of hydrogen-bond acceptors (Lipinski definition) is 0. The van der Waals surface area contributed by atoms with E-state index in [1.165, 1.54) is 18.9 Å². The monoisotopic (exact) mass is 464 g/mol. The highest BCUT2D eigenvalue weighted by atomic mass is 29.3. The molecule has 2 heteroatoms. The van der Waals surface area contributed by atoms with E-state index in [1.807, 2.05) is 0 Å². The number of hydrogen-bond donors (Lipinski definition) is 0. The highest BCUT2D eigenvalue weighted by molar-refractivity contribution is 7.60. The van der Waals surface area contributed by atoms with Gasteiger partial charge < -0.3 is 0 Å². The van der Waals surface area contributed by atoms with Gasteiger partial charge >= 0.3 is 0 Å². The summed E-state index contributed by atoms with van der Waals surface area (Å²) in [4.78, 5) is 0. The van der Waals surface area contributed by atoms with Crippen LogP contribution in [0.25, 0.3) is 0 Å². The second-order valence-electron chi connectivity index (χ2n) is 9.44. The fourth-order valence-electron chi connectivity index (χ4n) is 6.22. The van der Waals surface area contributed by atoms with Gasteiger partial charge in [0.05, 0.1) is 0 Å². The van der Waals surface area contributed by atoms with Crippen molar-refractivity contribution in [1.82, 2.24) is 0 Å². The molecule has 4 rings (SSSR count). The van der Waals surface area contributed by atoms with Gasteiger partial charge in [-0.2, -0.15) is 0 Å². The van der Waals surface area contributed by atoms with Gasteiger partial charge in [-0.1, -0.05) is 182 Å². The lowest BCUT2D eigenvalue weighted by Gasteiger charge is -2.52. The van der Waals surface area contributed by atoms with Crippen LogP contribution in [0.15, 0.2) is 121 Å². The van der Waals surface area contributed by atoms with Crippen molar-refractivity contribution >= 4 is 35.9 Å². The molecule has 4 aromatic carbocycles. The Labute approximate surface area is 202 Å². The third-order valence-electron chi connectivity index (χ3n) is 7.44. The first-order chi connectivity index (χ1) is 16.2. The molecule has 0 heterocycles. The predicted molar refractivity (Wildman–Crippen MR) is 151 cm³/mol. The summed E-state index contributed by atoms with van der Waals surface area (Å²) in [5, 5.41) is 6.36. The molecule has 0 radical (unpaired) electrons. The molecule has 0 atom stereocenters. The Kier molecular flexibility index (Phi) is 7.47. The fourth-order valence-corrected chi connectivity index (χ4v) is 28.3. The number of rotatable bonds is 9. The first-order valence-corrected chi connectivity index (χ1v) is 17.7. The Morgan fingerprint density at radius 1 is 0.515 bits per heavy atom. The predicted octanol–water partition coefficient (Wildman–Crippen LogP) is 5.80. The Bertz CT molecular complexity index is 1030. The summed E-state index contributed by atoms with van der Waals surface area (Å²) >= 11 is 0. The zero-order chi connectivity index (χ0) is 23.2. The normalized spacial score (nSPS) is 12.1. The summed E-state index contributed by atoms with van der Waals surface area (Å²) in [6, 6.07) is 47.7. The van der Waals surface area contributed by atoms with Crippen LogP contribution in [0.3, 0.4) is 0 Å². The molecule has 0 aromatic heterocycles. The van der Waals surface area contributed by atoms with Gasteiger partial charge in [0.1, 0.15) is 15.2 Å². The van der Waals surface area contributed by atoms with E-state index in [9.17, 15) is 0 Å². The minimum absolute atomic E-state index is 0.561. The van der Waals surface area contributed by atoms with Crippen LogP contribution in [0.1, 0.15) is 33.6 Å². The molecule has 0 aliphatic rings. The topological polar surface area (TPSA) is 0 Å². The maximum Gasteiger partial charge on any atom is 0.123 e. The summed E-state index contributed by atoms with van der Waals surface area (Å²) in [5.41, 5.74) is 0.561. The molecule has 0 nitrogen and oxygen atoms in total. The Morgan fingerprint density at radius 2 is 0.848 bits per heavy atom. The minimum atomic E-state index is -2.28. The average Bonchev–Trinajstić information content (AvgIpc) is 2.88. The molecule has 0 fully saturated rings. The van der Waals surface area contributed by atoms with Gasteiger partial charge in [0.25, 0.3) is 0 Å². The number of unbranched alkanes of at least 4 members (excludes halogenated alkanes) is 1. The maximum atomic E-state index is 2.51. The van der Waals surface area contributed by atoms with Crippen molar-refractivity contribution in [2.45, 2.75) is 45.2 Å². The molecule has 0 saturated heterocycles. The van der Waals surface area contributed by atoms with Crippen LogP contribution >= 0.6 is 0 Å². The Balaban J connectivity index is 2.22. The van der Waals surface area contributed by atoms with Crippen LogP contribution < -0.4 is 20.7 Å². The van der Waals surface area contributed by atoms with Gasteiger partial charge in [0, 0.05) is 0 Å². The molecule has 0 saturated carbocycles. The molecule has 0 amide bonds. The third kappa shape index (κ3) is 4.07. The van der Waals surface area contributed by atoms with E-state index >= 15 is 0 Å². The van der Waals surface area contributed by atoms with Gasteiger partial charge in [-0.15, -0.1) is 0 Å². The van der Waals surface area contributed by atoms with E-state index in [1.54, 1.807) is 20.7 Å². The minimum Gasteiger partial charge on any atom is -0.0654 e. The molecule has 0 unspecified atom stereocenters. The quantitative estimate of drug-likeness (QED) is 0.275. The lowest BCUT2D eigenvalue weighted by atomic mass is 10.4. The second kappa shape index (κ2) is 10.5. The van der Waals surface area contributed by atoms with Crippen LogP contribution in [0, 0.1) is 0 Å². The van der Waals surface area contributed by atoms with Crippen LogP contribution in [0.2, 0.25) is 11.6 Å². The number of benzene rings is 4. The first kappa shape index (κ1) is 23.5. The van der Waals surface area contributed by atoms with Crippen LogP contribution in [0.5, 0.6) is 0 Å². The highest BCUT2D eigenvalue weighted by Crippen LogP contribution is 2.34. The summed E-state index contributed by atoms with van der Waals surface area (Å²) in [6.45, 7) is 7.36.